The molecule has 0 heterocycles. The summed E-state index contributed by atoms with van der Waals surface area (Å²) in [5.41, 5.74) is -0.0752. The molecule has 0 aliphatic heterocycles. The number of halogens is 2. The zero-order valence-corrected chi connectivity index (χ0v) is 13.1. The van der Waals surface area contributed by atoms with Crippen LogP contribution in [0.5, 0.6) is 0 Å². The van der Waals surface area contributed by atoms with Crippen LogP contribution in [-0.4, -0.2) is 60.5 Å². The van der Waals surface area contributed by atoms with Gasteiger partial charge in [0.25, 0.3) is 0 Å². The summed E-state index contributed by atoms with van der Waals surface area (Å²) in [5, 5.41) is 8.94. The second kappa shape index (κ2) is 7.04. The van der Waals surface area contributed by atoms with E-state index in [0.29, 0.717) is 13.0 Å². The van der Waals surface area contributed by atoms with Gasteiger partial charge in [-0.1, -0.05) is 6.07 Å². The average Bonchev–Trinajstić information content (AvgIpc) is 3.22. The second-order valence-electron chi connectivity index (χ2n) is 6.04. The van der Waals surface area contributed by atoms with Gasteiger partial charge < -0.3 is 14.9 Å². The van der Waals surface area contributed by atoms with Gasteiger partial charge in [-0.15, -0.1) is 0 Å². The third-order valence-corrected chi connectivity index (χ3v) is 3.93. The molecule has 1 aliphatic carbocycles. The summed E-state index contributed by atoms with van der Waals surface area (Å²) in [7, 11) is 3.64. The van der Waals surface area contributed by atoms with Gasteiger partial charge in [-0.3, -0.25) is 9.59 Å². The molecule has 0 aromatic heterocycles. The van der Waals surface area contributed by atoms with Crippen molar-refractivity contribution in [2.45, 2.75) is 12.3 Å². The number of aliphatic carboxylic acids is 1. The van der Waals surface area contributed by atoms with Crippen LogP contribution in [0.25, 0.3) is 0 Å². The summed E-state index contributed by atoms with van der Waals surface area (Å²) in [6.07, 6.45) is 0.342. The minimum absolute atomic E-state index is 0.0752. The molecule has 1 saturated carbocycles. The lowest BCUT2D eigenvalue weighted by atomic mass is 10.1. The van der Waals surface area contributed by atoms with E-state index in [-0.39, 0.29) is 18.0 Å². The number of carboxylic acid groups (broad SMARTS) is 1. The van der Waals surface area contributed by atoms with E-state index in [9.17, 15) is 18.4 Å². The lowest BCUT2D eigenvalue weighted by Crippen LogP contribution is -2.41. The summed E-state index contributed by atoms with van der Waals surface area (Å²) in [6.45, 7) is 0.376. The second-order valence-corrected chi connectivity index (χ2v) is 6.04. The molecular weight excluding hydrogens is 306 g/mol. The molecule has 0 unspecified atom stereocenters. The topological polar surface area (TPSA) is 60.9 Å². The van der Waals surface area contributed by atoms with Crippen molar-refractivity contribution in [2.24, 2.45) is 5.92 Å². The number of benzene rings is 1. The van der Waals surface area contributed by atoms with Crippen LogP contribution < -0.4 is 0 Å². The molecule has 2 rings (SSSR count). The maximum absolute atomic E-state index is 13.8. The summed E-state index contributed by atoms with van der Waals surface area (Å²) in [5.74, 6) is -3.86. The van der Waals surface area contributed by atoms with Gasteiger partial charge in [0.05, 0.1) is 0 Å². The van der Waals surface area contributed by atoms with E-state index >= 15 is 0 Å². The quantitative estimate of drug-likeness (QED) is 0.826. The van der Waals surface area contributed by atoms with E-state index in [1.165, 1.54) is 23.1 Å². The Morgan fingerprint density at radius 1 is 1.22 bits per heavy atom. The number of hydrogen-bond acceptors (Lipinski definition) is 3. The van der Waals surface area contributed by atoms with Crippen molar-refractivity contribution in [1.82, 2.24) is 9.80 Å². The molecule has 0 bridgehead atoms. The third-order valence-electron chi connectivity index (χ3n) is 3.93. The molecule has 0 radical (unpaired) electrons. The van der Waals surface area contributed by atoms with Gasteiger partial charge in [-0.05, 0) is 32.6 Å². The molecule has 5 nitrogen and oxygen atoms in total. The lowest BCUT2D eigenvalue weighted by molar-refractivity contribution is -0.145. The number of carbonyl (C=O) groups is 2. The Kier molecular flexibility index (Phi) is 5.30. The summed E-state index contributed by atoms with van der Waals surface area (Å²) >= 11 is 0. The van der Waals surface area contributed by atoms with Crippen molar-refractivity contribution < 1.29 is 23.5 Å². The monoisotopic (exact) mass is 326 g/mol. The SMILES string of the molecule is CN(C)CCN(CC(=O)O)C(=O)[C@H]1C[C@@H]1c1c(F)cccc1F. The molecule has 1 aliphatic rings. The highest BCUT2D eigenvalue weighted by molar-refractivity contribution is 5.86. The molecule has 2 atom stereocenters. The minimum Gasteiger partial charge on any atom is -0.480 e. The molecule has 1 aromatic rings. The summed E-state index contributed by atoms with van der Waals surface area (Å²) in [4.78, 5) is 26.5. The molecule has 23 heavy (non-hydrogen) atoms. The first kappa shape index (κ1) is 17.3. The van der Waals surface area contributed by atoms with Gasteiger partial charge in [0.15, 0.2) is 0 Å². The fraction of sp³-hybridized carbons (Fsp3) is 0.500. The van der Waals surface area contributed by atoms with Gasteiger partial charge in [-0.25, -0.2) is 8.78 Å². The van der Waals surface area contributed by atoms with E-state index in [1.54, 1.807) is 0 Å². The summed E-state index contributed by atoms with van der Waals surface area (Å²) < 4.78 is 27.6. The first-order valence-corrected chi connectivity index (χ1v) is 7.40. The molecule has 126 valence electrons. The zero-order valence-electron chi connectivity index (χ0n) is 13.1. The Morgan fingerprint density at radius 3 is 2.35 bits per heavy atom. The van der Waals surface area contributed by atoms with Crippen LogP contribution >= 0.6 is 0 Å². The fourth-order valence-electron chi connectivity index (χ4n) is 2.64. The van der Waals surface area contributed by atoms with Crippen molar-refractivity contribution in [3.05, 3.63) is 35.4 Å². The van der Waals surface area contributed by atoms with Gasteiger partial charge in [-0.2, -0.15) is 0 Å². The Hall–Kier alpha value is -2.02. The molecule has 1 fully saturated rings. The van der Waals surface area contributed by atoms with E-state index in [1.807, 2.05) is 19.0 Å². The van der Waals surface area contributed by atoms with Gasteiger partial charge >= 0.3 is 5.97 Å². The average molecular weight is 326 g/mol. The van der Waals surface area contributed by atoms with Crippen LogP contribution in [0, 0.1) is 17.6 Å². The molecule has 1 N–H and O–H groups in total. The third kappa shape index (κ3) is 4.25. The lowest BCUT2D eigenvalue weighted by Gasteiger charge is -2.23. The van der Waals surface area contributed by atoms with Crippen LogP contribution in [0.2, 0.25) is 0 Å². The van der Waals surface area contributed by atoms with Crippen LogP contribution in [0.3, 0.4) is 0 Å². The Morgan fingerprint density at radius 2 is 1.83 bits per heavy atom. The van der Waals surface area contributed by atoms with Crippen molar-refractivity contribution in [3.8, 4) is 0 Å². The fourth-order valence-corrected chi connectivity index (χ4v) is 2.64. The van der Waals surface area contributed by atoms with Gasteiger partial charge in [0.1, 0.15) is 18.2 Å². The Bertz CT molecular complexity index is 587. The van der Waals surface area contributed by atoms with Gasteiger partial charge in [0, 0.05) is 30.5 Å². The van der Waals surface area contributed by atoms with Crippen molar-refractivity contribution in [2.75, 3.05) is 33.7 Å². The zero-order chi connectivity index (χ0) is 17.1. The number of likely N-dealkylation sites (N-methyl/N-ethyl adjacent to an activating group) is 1. The molecular formula is C16H20F2N2O3. The predicted octanol–water partition coefficient (Wildman–Crippen LogP) is 1.54. The Balaban J connectivity index is 2.08. The predicted molar refractivity (Wildman–Crippen MR) is 80.0 cm³/mol. The number of amides is 1. The number of rotatable bonds is 7. The number of hydrogen-bond donors (Lipinski definition) is 1. The normalized spacial score (nSPS) is 19.7. The minimum atomic E-state index is -1.11. The van der Waals surface area contributed by atoms with E-state index in [2.05, 4.69) is 0 Å². The smallest absolute Gasteiger partial charge is 0.323 e. The van der Waals surface area contributed by atoms with Crippen molar-refractivity contribution in [3.63, 3.8) is 0 Å². The number of carbonyl (C=O) groups excluding carboxylic acids is 1. The van der Waals surface area contributed by atoms with Crippen molar-refractivity contribution >= 4 is 11.9 Å². The molecule has 0 spiro atoms. The maximum Gasteiger partial charge on any atom is 0.323 e. The first-order chi connectivity index (χ1) is 10.8. The summed E-state index contributed by atoms with van der Waals surface area (Å²) in [6, 6.07) is 3.61. The number of nitrogens with zero attached hydrogens (tertiary/aromatic N) is 2. The molecule has 0 saturated heterocycles. The van der Waals surface area contributed by atoms with Crippen LogP contribution in [0.1, 0.15) is 17.9 Å². The largest absolute Gasteiger partial charge is 0.480 e. The standard InChI is InChI=1S/C16H20F2N2O3/c1-19(2)6-7-20(9-14(21)22)16(23)11-8-10(11)15-12(17)4-3-5-13(15)18/h3-5,10-11H,6-9H2,1-2H3,(H,21,22)/t10-,11-/m0/s1. The highest BCUT2D eigenvalue weighted by Gasteiger charge is 2.48. The first-order valence-electron chi connectivity index (χ1n) is 7.40. The highest BCUT2D eigenvalue weighted by atomic mass is 19.1. The van der Waals surface area contributed by atoms with Crippen LogP contribution in [-0.2, 0) is 9.59 Å². The highest BCUT2D eigenvalue weighted by Crippen LogP contribution is 2.50. The van der Waals surface area contributed by atoms with Crippen LogP contribution in [0.15, 0.2) is 18.2 Å². The van der Waals surface area contributed by atoms with Crippen molar-refractivity contribution in [1.29, 1.82) is 0 Å². The van der Waals surface area contributed by atoms with Crippen LogP contribution in [0.4, 0.5) is 8.78 Å². The van der Waals surface area contributed by atoms with E-state index in [4.69, 9.17) is 5.11 Å². The molecule has 7 heteroatoms. The van der Waals surface area contributed by atoms with Gasteiger partial charge in [0.2, 0.25) is 5.91 Å². The molecule has 1 amide bonds. The number of carboxylic acids is 1. The van der Waals surface area contributed by atoms with E-state index in [0.717, 1.165) is 0 Å². The maximum atomic E-state index is 13.8. The van der Waals surface area contributed by atoms with E-state index < -0.39 is 36.0 Å². The molecule has 1 aromatic carbocycles. The Labute approximate surface area is 133 Å².